The van der Waals surface area contributed by atoms with Crippen LogP contribution in [0.4, 0.5) is 0 Å². The number of aliphatic hydroxyl groups is 10. The summed E-state index contributed by atoms with van der Waals surface area (Å²) in [5.74, 6) is -2.59. The molecule has 3 aliphatic heterocycles. The number of aliphatic hydroxyl groups excluding tert-OH is 10. The maximum absolute atomic E-state index is 15.3. The second kappa shape index (κ2) is 18.3. The van der Waals surface area contributed by atoms with Crippen molar-refractivity contribution in [2.45, 2.75) is 204 Å². The molecule has 0 amide bonds. The van der Waals surface area contributed by atoms with E-state index in [1.54, 1.807) is 0 Å². The van der Waals surface area contributed by atoms with E-state index in [1.807, 2.05) is 6.92 Å². The van der Waals surface area contributed by atoms with Crippen molar-refractivity contribution in [1.82, 2.24) is 0 Å². The lowest BCUT2D eigenvalue weighted by Gasteiger charge is -2.71. The molecule has 19 heteroatoms. The van der Waals surface area contributed by atoms with Gasteiger partial charge >= 0.3 is 11.9 Å². The first-order chi connectivity index (χ1) is 31.3. The van der Waals surface area contributed by atoms with Crippen LogP contribution in [0.5, 0.6) is 0 Å². The van der Waals surface area contributed by atoms with Gasteiger partial charge in [-0.3, -0.25) is 9.59 Å². The van der Waals surface area contributed by atoms with Gasteiger partial charge in [0.15, 0.2) is 12.6 Å². The summed E-state index contributed by atoms with van der Waals surface area (Å²) >= 11 is 0. The number of hydrogen-bond donors (Lipinski definition) is 11. The number of esters is 1. The third kappa shape index (κ3) is 7.79. The molecule has 0 aromatic heterocycles. The SMILES string of the molecule is C=C(C)[C@H]1CC[C@@]2(C(=O)O[C@@H]3O[C@@H](CO[C@@H]4O[C@H](CO)[C@@H](O)[C@H](O)[C@H]4O)[C@@H](O)[C@H](O[C@@H]4O[C@@H](C)[C@H](O)[C@@H](O)[C@H]4O)[C@H]3O)CC[C@]3(C(=O)O)[C@H](CC[C@H]4[C@@]5(C)CC[C@H](O)C(C)(C)[C@@H]5CC[C@@]43C)[C@@H]12. The van der Waals surface area contributed by atoms with Gasteiger partial charge in [-0.05, 0) is 124 Å². The number of fused-ring (bicyclic) bond motifs is 7. The summed E-state index contributed by atoms with van der Waals surface area (Å²) in [6, 6.07) is 0. The number of ether oxygens (including phenoxy) is 6. The molecule has 0 unspecified atom stereocenters. The van der Waals surface area contributed by atoms with E-state index in [2.05, 4.69) is 34.3 Å². The molecule has 382 valence electrons. The number of carboxylic acids is 1. The number of carbonyl (C=O) groups excluding carboxylic acids is 1. The highest BCUT2D eigenvalue weighted by atomic mass is 16.8. The topological polar surface area (TPSA) is 312 Å². The van der Waals surface area contributed by atoms with Gasteiger partial charge in [0.05, 0.1) is 36.3 Å². The second-order valence-corrected chi connectivity index (χ2v) is 22.8. The van der Waals surface area contributed by atoms with Gasteiger partial charge in [-0.25, -0.2) is 0 Å². The average molecular weight is 957 g/mol. The van der Waals surface area contributed by atoms with E-state index < -0.39 is 151 Å². The molecule has 3 heterocycles. The summed E-state index contributed by atoms with van der Waals surface area (Å²) in [7, 11) is 0. The van der Waals surface area contributed by atoms with Crippen molar-refractivity contribution in [3.63, 3.8) is 0 Å². The molecule has 0 bridgehead atoms. The first-order valence-electron chi connectivity index (χ1n) is 24.4. The number of carbonyl (C=O) groups is 2. The van der Waals surface area contributed by atoms with Crippen LogP contribution >= 0.6 is 0 Å². The summed E-state index contributed by atoms with van der Waals surface area (Å²) in [4.78, 5) is 29.6. The minimum absolute atomic E-state index is 0.0531. The molecule has 0 radical (unpaired) electrons. The fourth-order valence-electron chi connectivity index (χ4n) is 15.8. The third-order valence-corrected chi connectivity index (χ3v) is 19.5. The number of aliphatic carboxylic acids is 1. The highest BCUT2D eigenvalue weighted by Gasteiger charge is 2.76. The zero-order valence-corrected chi connectivity index (χ0v) is 39.5. The number of allylic oxidation sites excluding steroid dienone is 1. The lowest BCUT2D eigenvalue weighted by atomic mass is 9.32. The van der Waals surface area contributed by atoms with Crippen molar-refractivity contribution in [1.29, 1.82) is 0 Å². The van der Waals surface area contributed by atoms with Gasteiger partial charge in [-0.2, -0.15) is 0 Å². The van der Waals surface area contributed by atoms with Crippen LogP contribution in [-0.4, -0.2) is 180 Å². The predicted molar refractivity (Wildman–Crippen MR) is 231 cm³/mol. The van der Waals surface area contributed by atoms with Crippen molar-refractivity contribution in [3.05, 3.63) is 12.2 Å². The van der Waals surface area contributed by atoms with Gasteiger partial charge in [0.1, 0.15) is 67.1 Å². The zero-order chi connectivity index (χ0) is 49.1. The van der Waals surface area contributed by atoms with E-state index in [9.17, 15) is 61.0 Å². The van der Waals surface area contributed by atoms with E-state index in [-0.39, 0.29) is 41.4 Å². The molecular weight excluding hydrogens is 881 g/mol. The molecule has 5 saturated carbocycles. The number of carboxylic acid groups (broad SMARTS) is 1. The molecule has 0 aromatic carbocycles. The normalized spacial score (nSPS) is 53.9. The molecular formula is C48H76O19. The quantitative estimate of drug-likeness (QED) is 0.102. The zero-order valence-electron chi connectivity index (χ0n) is 39.5. The largest absolute Gasteiger partial charge is 0.481 e. The van der Waals surface area contributed by atoms with Crippen molar-refractivity contribution < 1.29 is 94.2 Å². The highest BCUT2D eigenvalue weighted by Crippen LogP contribution is 2.78. The Bertz CT molecular complexity index is 1850. The molecule has 5 aliphatic carbocycles. The van der Waals surface area contributed by atoms with Gasteiger partial charge < -0.3 is 84.6 Å². The van der Waals surface area contributed by atoms with Gasteiger partial charge in [0, 0.05) is 0 Å². The minimum Gasteiger partial charge on any atom is -0.481 e. The third-order valence-electron chi connectivity index (χ3n) is 19.5. The van der Waals surface area contributed by atoms with Crippen molar-refractivity contribution in [2.24, 2.45) is 56.7 Å². The van der Waals surface area contributed by atoms with Crippen molar-refractivity contribution in [2.75, 3.05) is 13.2 Å². The molecule has 0 aromatic rings. The standard InChI is InChI=1S/C48H76O19/c1-20(2)22-10-15-47(16-17-48(42(59)60)23(29(22)47)8-9-27-45(6)13-12-28(50)44(4,5)26(45)11-14-46(27,48)7)43(61)67-41-37(58)38(66-40-36(57)33(54)30(51)21(3)63-40)32(53)25(65-41)19-62-39-35(56)34(55)31(52)24(18-49)64-39/h21-41,49-58H,1,8-19H2,2-7H3,(H,59,60)/t21-,22+,23+,24+,25-,26-,27-,28-,29+,30-,31+,32+,33+,34-,35+,36+,37+,38-,39+,40-,41-,45-,46-,47+,48+/m0/s1. The molecule has 8 aliphatic rings. The Kier molecular flexibility index (Phi) is 14.0. The van der Waals surface area contributed by atoms with Crippen molar-refractivity contribution in [3.8, 4) is 0 Å². The van der Waals surface area contributed by atoms with Crippen LogP contribution in [0.2, 0.25) is 0 Å². The molecule has 19 nitrogen and oxygen atoms in total. The second-order valence-electron chi connectivity index (χ2n) is 22.8. The minimum atomic E-state index is -1.98. The Morgan fingerprint density at radius 3 is 1.99 bits per heavy atom. The Labute approximate surface area is 391 Å². The molecule has 3 saturated heterocycles. The molecule has 11 N–H and O–H groups in total. The van der Waals surface area contributed by atoms with E-state index in [1.165, 1.54) is 6.92 Å². The van der Waals surface area contributed by atoms with E-state index in [0.29, 0.717) is 32.1 Å². The maximum Gasteiger partial charge on any atom is 0.314 e. The lowest BCUT2D eigenvalue weighted by molar-refractivity contribution is -0.361. The monoisotopic (exact) mass is 956 g/mol. The first kappa shape index (κ1) is 51.4. The summed E-state index contributed by atoms with van der Waals surface area (Å²) in [5.41, 5.74) is -2.83. The summed E-state index contributed by atoms with van der Waals surface area (Å²) in [5, 5.41) is 119. The van der Waals surface area contributed by atoms with E-state index >= 15 is 4.79 Å². The number of hydrogen-bond acceptors (Lipinski definition) is 18. The highest BCUT2D eigenvalue weighted by molar-refractivity contribution is 5.81. The van der Waals surface area contributed by atoms with Gasteiger partial charge in [-0.15, -0.1) is 0 Å². The predicted octanol–water partition coefficient (Wildman–Crippen LogP) is 0.0887. The summed E-state index contributed by atoms with van der Waals surface area (Å²) < 4.78 is 35.1. The van der Waals surface area contributed by atoms with E-state index in [4.69, 9.17) is 28.4 Å². The van der Waals surface area contributed by atoms with E-state index in [0.717, 1.165) is 24.8 Å². The average Bonchev–Trinajstić information content (AvgIpc) is 3.69. The van der Waals surface area contributed by atoms with Gasteiger partial charge in [0.25, 0.3) is 0 Å². The number of rotatable bonds is 10. The van der Waals surface area contributed by atoms with Crippen LogP contribution in [0.25, 0.3) is 0 Å². The van der Waals surface area contributed by atoms with Crippen LogP contribution in [-0.2, 0) is 38.0 Å². The Balaban J connectivity index is 1.10. The fourth-order valence-corrected chi connectivity index (χ4v) is 15.8. The Morgan fingerprint density at radius 1 is 0.672 bits per heavy atom. The molecule has 8 fully saturated rings. The van der Waals surface area contributed by atoms with Crippen LogP contribution in [0.15, 0.2) is 12.2 Å². The van der Waals surface area contributed by atoms with Crippen LogP contribution in [0.1, 0.15) is 106 Å². The maximum atomic E-state index is 15.3. The molecule has 25 atom stereocenters. The smallest absolute Gasteiger partial charge is 0.314 e. The van der Waals surface area contributed by atoms with Gasteiger partial charge in [0.2, 0.25) is 6.29 Å². The Hall–Kier alpha value is -1.92. The summed E-state index contributed by atoms with van der Waals surface area (Å²) in [6.07, 6.45) is -20.4. The molecule has 67 heavy (non-hydrogen) atoms. The van der Waals surface area contributed by atoms with Gasteiger partial charge in [-0.1, -0.05) is 39.8 Å². The first-order valence-corrected chi connectivity index (χ1v) is 24.4. The van der Waals surface area contributed by atoms with Crippen LogP contribution < -0.4 is 0 Å². The van der Waals surface area contributed by atoms with Crippen LogP contribution in [0.3, 0.4) is 0 Å². The van der Waals surface area contributed by atoms with Crippen LogP contribution in [0, 0.1) is 56.7 Å². The Morgan fingerprint density at radius 2 is 1.33 bits per heavy atom. The fraction of sp³-hybridized carbons (Fsp3) is 0.917. The molecule has 8 rings (SSSR count). The lowest BCUT2D eigenvalue weighted by Crippen LogP contribution is -2.70. The summed E-state index contributed by atoms with van der Waals surface area (Å²) in [6.45, 7) is 15.0. The van der Waals surface area contributed by atoms with Crippen molar-refractivity contribution >= 4 is 11.9 Å². The molecule has 0 spiro atoms.